The van der Waals surface area contributed by atoms with Gasteiger partial charge in [0.25, 0.3) is 5.91 Å². The van der Waals surface area contributed by atoms with Gasteiger partial charge in [-0.1, -0.05) is 23.7 Å². The number of amides is 1. The Hall–Kier alpha value is -3.46. The number of halogens is 2. The molecule has 1 fully saturated rings. The van der Waals surface area contributed by atoms with Crippen LogP contribution in [-0.4, -0.2) is 64.3 Å². The van der Waals surface area contributed by atoms with Gasteiger partial charge >= 0.3 is 5.97 Å². The lowest BCUT2D eigenvalue weighted by Gasteiger charge is -2.36. The molecule has 4 rings (SSSR count). The average Bonchev–Trinajstić information content (AvgIpc) is 3.15. The molecule has 1 aromatic carbocycles. The van der Waals surface area contributed by atoms with Crippen molar-refractivity contribution in [2.24, 2.45) is 0 Å². The van der Waals surface area contributed by atoms with Crippen LogP contribution in [0.5, 0.6) is 0 Å². The maximum absolute atomic E-state index is 14.0. The molecule has 3 aromatic rings. The number of esters is 1. The summed E-state index contributed by atoms with van der Waals surface area (Å²) in [7, 11) is 0. The summed E-state index contributed by atoms with van der Waals surface area (Å²) in [6.07, 6.45) is 0. The number of ether oxygens (including phenoxy) is 1. The number of anilines is 1. The number of nitrogens with zero attached hydrogens (tertiary/aromatic N) is 5. The fourth-order valence-electron chi connectivity index (χ4n) is 3.75. The predicted molar refractivity (Wildman–Crippen MR) is 121 cm³/mol. The molecular formula is C23H23ClFN5O3. The van der Waals surface area contributed by atoms with Crippen molar-refractivity contribution in [1.82, 2.24) is 19.7 Å². The Labute approximate surface area is 195 Å². The van der Waals surface area contributed by atoms with Gasteiger partial charge in [-0.3, -0.25) is 4.79 Å². The van der Waals surface area contributed by atoms with Crippen LogP contribution in [0.25, 0.3) is 5.82 Å². The zero-order valence-corrected chi connectivity index (χ0v) is 19.0. The molecule has 1 amide bonds. The SMILES string of the molecule is Cc1cc(C)n(-c2ccc(Cl)c(C(=O)OCC(=O)N3CCN(c4ccccc4F)CC3)n2)n1. The number of aromatic nitrogens is 3. The number of pyridine rings is 1. The number of carbonyl (C=O) groups excluding carboxylic acids is 2. The molecule has 0 atom stereocenters. The van der Waals surface area contributed by atoms with E-state index in [4.69, 9.17) is 16.3 Å². The van der Waals surface area contributed by atoms with Crippen LogP contribution in [0, 0.1) is 19.7 Å². The molecule has 33 heavy (non-hydrogen) atoms. The molecule has 0 bridgehead atoms. The topological polar surface area (TPSA) is 80.6 Å². The molecule has 2 aromatic heterocycles. The van der Waals surface area contributed by atoms with Crippen molar-refractivity contribution in [3.8, 4) is 5.82 Å². The van der Waals surface area contributed by atoms with E-state index in [9.17, 15) is 14.0 Å². The van der Waals surface area contributed by atoms with Crippen molar-refractivity contribution in [3.05, 3.63) is 70.4 Å². The second-order valence-electron chi connectivity index (χ2n) is 7.73. The summed E-state index contributed by atoms with van der Waals surface area (Å²) >= 11 is 6.15. The summed E-state index contributed by atoms with van der Waals surface area (Å²) in [6.45, 7) is 5.07. The van der Waals surface area contributed by atoms with E-state index in [-0.39, 0.29) is 22.4 Å². The van der Waals surface area contributed by atoms with E-state index in [1.165, 1.54) is 6.07 Å². The van der Waals surface area contributed by atoms with Crippen LogP contribution in [0.2, 0.25) is 5.02 Å². The van der Waals surface area contributed by atoms with E-state index < -0.39 is 12.6 Å². The van der Waals surface area contributed by atoms with Crippen LogP contribution in [0.4, 0.5) is 10.1 Å². The van der Waals surface area contributed by atoms with Gasteiger partial charge in [-0.2, -0.15) is 5.10 Å². The quantitative estimate of drug-likeness (QED) is 0.532. The van der Waals surface area contributed by atoms with Gasteiger partial charge in [0.05, 0.1) is 16.4 Å². The fraction of sp³-hybridized carbons (Fsp3) is 0.304. The molecule has 1 aliphatic heterocycles. The van der Waals surface area contributed by atoms with Crippen molar-refractivity contribution >= 4 is 29.2 Å². The number of carbonyl (C=O) groups is 2. The van der Waals surface area contributed by atoms with Gasteiger partial charge < -0.3 is 14.5 Å². The number of rotatable bonds is 5. The van der Waals surface area contributed by atoms with E-state index in [1.807, 2.05) is 24.8 Å². The average molecular weight is 472 g/mol. The highest BCUT2D eigenvalue weighted by Gasteiger charge is 2.24. The molecule has 0 spiro atoms. The minimum atomic E-state index is -0.790. The van der Waals surface area contributed by atoms with E-state index >= 15 is 0 Å². The summed E-state index contributed by atoms with van der Waals surface area (Å²) in [4.78, 5) is 32.9. The highest BCUT2D eigenvalue weighted by molar-refractivity contribution is 6.33. The number of aryl methyl sites for hydroxylation is 2. The molecular weight excluding hydrogens is 449 g/mol. The van der Waals surface area contributed by atoms with E-state index in [2.05, 4.69) is 10.1 Å². The van der Waals surface area contributed by atoms with Crippen LogP contribution in [-0.2, 0) is 9.53 Å². The Bertz CT molecular complexity index is 1190. The van der Waals surface area contributed by atoms with Crippen molar-refractivity contribution in [1.29, 1.82) is 0 Å². The highest BCUT2D eigenvalue weighted by atomic mass is 35.5. The van der Waals surface area contributed by atoms with Crippen molar-refractivity contribution in [2.45, 2.75) is 13.8 Å². The maximum Gasteiger partial charge on any atom is 0.359 e. The smallest absolute Gasteiger partial charge is 0.359 e. The van der Waals surface area contributed by atoms with Crippen molar-refractivity contribution < 1.29 is 18.7 Å². The summed E-state index contributed by atoms with van der Waals surface area (Å²) in [5.41, 5.74) is 2.10. The molecule has 0 saturated carbocycles. The van der Waals surface area contributed by atoms with E-state index in [0.29, 0.717) is 37.7 Å². The van der Waals surface area contributed by atoms with Crippen molar-refractivity contribution in [2.75, 3.05) is 37.7 Å². The summed E-state index contributed by atoms with van der Waals surface area (Å²) < 4.78 is 20.8. The lowest BCUT2D eigenvalue weighted by molar-refractivity contribution is -0.134. The third kappa shape index (κ3) is 4.98. The van der Waals surface area contributed by atoms with Gasteiger partial charge in [0.15, 0.2) is 18.1 Å². The lowest BCUT2D eigenvalue weighted by Crippen LogP contribution is -2.50. The summed E-state index contributed by atoms with van der Waals surface area (Å²) in [6, 6.07) is 11.6. The molecule has 0 unspecified atom stereocenters. The first kappa shape index (κ1) is 22.7. The molecule has 8 nitrogen and oxygen atoms in total. The number of benzene rings is 1. The third-order valence-corrected chi connectivity index (χ3v) is 5.71. The molecule has 3 heterocycles. The van der Waals surface area contributed by atoms with Gasteiger partial charge in [0.1, 0.15) is 5.82 Å². The molecule has 0 N–H and O–H groups in total. The minimum Gasteiger partial charge on any atom is -0.451 e. The normalized spacial score (nSPS) is 13.8. The number of hydrogen-bond acceptors (Lipinski definition) is 6. The van der Waals surface area contributed by atoms with Crippen LogP contribution in [0.15, 0.2) is 42.5 Å². The van der Waals surface area contributed by atoms with Crippen molar-refractivity contribution in [3.63, 3.8) is 0 Å². The summed E-state index contributed by atoms with van der Waals surface area (Å²) in [5, 5.41) is 4.47. The van der Waals surface area contributed by atoms with E-state index in [1.54, 1.807) is 39.9 Å². The van der Waals surface area contributed by atoms with Crippen LogP contribution in [0.3, 0.4) is 0 Å². The molecule has 1 saturated heterocycles. The number of para-hydroxylation sites is 1. The van der Waals surface area contributed by atoms with Gasteiger partial charge in [-0.25, -0.2) is 18.9 Å². The largest absolute Gasteiger partial charge is 0.451 e. The molecule has 0 aliphatic carbocycles. The zero-order chi connectivity index (χ0) is 23.5. The Balaban J connectivity index is 1.35. The lowest BCUT2D eigenvalue weighted by atomic mass is 10.2. The number of hydrogen-bond donors (Lipinski definition) is 0. The van der Waals surface area contributed by atoms with E-state index in [0.717, 1.165) is 11.4 Å². The Kier molecular flexibility index (Phi) is 6.60. The molecule has 0 radical (unpaired) electrons. The molecule has 10 heteroatoms. The first-order chi connectivity index (χ1) is 15.8. The van der Waals surface area contributed by atoms with Gasteiger partial charge in [-0.05, 0) is 44.2 Å². The van der Waals surface area contributed by atoms with Crippen LogP contribution in [0.1, 0.15) is 21.9 Å². The first-order valence-corrected chi connectivity index (χ1v) is 10.9. The zero-order valence-electron chi connectivity index (χ0n) is 18.3. The highest BCUT2D eigenvalue weighted by Crippen LogP contribution is 2.21. The third-order valence-electron chi connectivity index (χ3n) is 5.40. The second kappa shape index (κ2) is 9.58. The number of piperazine rings is 1. The standard InChI is InChI=1S/C23H23ClFN5O3/c1-15-13-16(2)30(27-15)20-8-7-17(24)22(26-20)23(32)33-14-21(31)29-11-9-28(10-12-29)19-6-4-3-5-18(19)25/h3-8,13H,9-12,14H2,1-2H3. The minimum absolute atomic E-state index is 0.0844. The van der Waals surface area contributed by atoms with Crippen LogP contribution < -0.4 is 4.90 Å². The second-order valence-corrected chi connectivity index (χ2v) is 8.14. The van der Waals surface area contributed by atoms with Gasteiger partial charge in [0.2, 0.25) is 0 Å². The Morgan fingerprint density at radius 2 is 1.82 bits per heavy atom. The molecule has 1 aliphatic rings. The molecule has 172 valence electrons. The van der Waals surface area contributed by atoms with Crippen LogP contribution >= 0.6 is 11.6 Å². The maximum atomic E-state index is 14.0. The predicted octanol–water partition coefficient (Wildman–Crippen LogP) is 3.18. The van der Waals surface area contributed by atoms with Gasteiger partial charge in [0, 0.05) is 31.9 Å². The Morgan fingerprint density at radius 1 is 1.09 bits per heavy atom. The first-order valence-electron chi connectivity index (χ1n) is 10.5. The Morgan fingerprint density at radius 3 is 2.48 bits per heavy atom. The fourth-order valence-corrected chi connectivity index (χ4v) is 3.93. The summed E-state index contributed by atoms with van der Waals surface area (Å²) in [5.74, 6) is -0.991. The monoisotopic (exact) mass is 471 g/mol. The van der Waals surface area contributed by atoms with Gasteiger partial charge in [-0.15, -0.1) is 0 Å².